The number of nitrogens with zero attached hydrogens (tertiary/aromatic N) is 1. The maximum atomic E-state index is 9.00. The average molecular weight is 187 g/mol. The molecule has 0 aliphatic carbocycles. The second-order valence-corrected chi connectivity index (χ2v) is 3.71. The molecule has 1 aliphatic heterocycles. The van der Waals surface area contributed by atoms with Crippen molar-refractivity contribution in [2.45, 2.75) is 46.1 Å². The van der Waals surface area contributed by atoms with E-state index in [4.69, 9.17) is 9.90 Å². The minimum absolute atomic E-state index is 0.769. The zero-order valence-electron chi connectivity index (χ0n) is 8.92. The van der Waals surface area contributed by atoms with Gasteiger partial charge >= 0.3 is 0 Å². The van der Waals surface area contributed by atoms with E-state index in [0.717, 1.165) is 13.0 Å². The minimum atomic E-state index is -0.833. The average Bonchev–Trinajstić information content (AvgIpc) is 2.05. The number of carboxylic acid groups (broad SMARTS) is 1. The van der Waals surface area contributed by atoms with Crippen molar-refractivity contribution in [3.05, 3.63) is 0 Å². The van der Waals surface area contributed by atoms with Crippen LogP contribution in [-0.4, -0.2) is 35.1 Å². The predicted molar refractivity (Wildman–Crippen MR) is 53.9 cm³/mol. The van der Waals surface area contributed by atoms with Gasteiger partial charge in [0, 0.05) is 13.0 Å². The Labute approximate surface area is 80.7 Å². The monoisotopic (exact) mass is 187 g/mol. The van der Waals surface area contributed by atoms with Crippen molar-refractivity contribution < 1.29 is 9.90 Å². The highest BCUT2D eigenvalue weighted by Gasteiger charge is 2.11. The lowest BCUT2D eigenvalue weighted by molar-refractivity contribution is -0.134. The Morgan fingerprint density at radius 2 is 1.62 bits per heavy atom. The van der Waals surface area contributed by atoms with Gasteiger partial charge in [0.25, 0.3) is 5.97 Å². The smallest absolute Gasteiger partial charge is 0.300 e. The van der Waals surface area contributed by atoms with E-state index in [1.807, 2.05) is 0 Å². The molecule has 0 atom stereocenters. The van der Waals surface area contributed by atoms with E-state index in [-0.39, 0.29) is 0 Å². The van der Waals surface area contributed by atoms with Crippen LogP contribution in [0.1, 0.15) is 40.0 Å². The van der Waals surface area contributed by atoms with E-state index in [2.05, 4.69) is 18.7 Å². The van der Waals surface area contributed by atoms with Crippen LogP contribution in [0.15, 0.2) is 0 Å². The van der Waals surface area contributed by atoms with E-state index in [0.29, 0.717) is 0 Å². The fourth-order valence-corrected chi connectivity index (χ4v) is 1.43. The third-order valence-electron chi connectivity index (χ3n) is 2.12. The number of hydrogen-bond donors (Lipinski definition) is 1. The summed E-state index contributed by atoms with van der Waals surface area (Å²) in [6.07, 6.45) is 4.28. The minimum Gasteiger partial charge on any atom is -0.481 e. The van der Waals surface area contributed by atoms with Gasteiger partial charge in [-0.1, -0.05) is 6.42 Å². The van der Waals surface area contributed by atoms with Gasteiger partial charge in [0.05, 0.1) is 0 Å². The molecule has 0 unspecified atom stereocenters. The first kappa shape index (κ1) is 12.4. The van der Waals surface area contributed by atoms with Crippen LogP contribution in [0.2, 0.25) is 0 Å². The number of piperidine rings is 1. The molecule has 1 aliphatic rings. The van der Waals surface area contributed by atoms with E-state index in [9.17, 15) is 0 Å². The topological polar surface area (TPSA) is 40.5 Å². The number of carbonyl (C=O) groups is 1. The zero-order valence-corrected chi connectivity index (χ0v) is 8.92. The fourth-order valence-electron chi connectivity index (χ4n) is 1.43. The van der Waals surface area contributed by atoms with Gasteiger partial charge in [0.2, 0.25) is 0 Å². The first-order valence-electron chi connectivity index (χ1n) is 4.97. The highest BCUT2D eigenvalue weighted by Crippen LogP contribution is 2.10. The van der Waals surface area contributed by atoms with Gasteiger partial charge in [-0.05, 0) is 39.8 Å². The summed E-state index contributed by atoms with van der Waals surface area (Å²) in [5.74, 6) is -0.833. The van der Waals surface area contributed by atoms with Gasteiger partial charge in [0.15, 0.2) is 0 Å². The van der Waals surface area contributed by atoms with Crippen LogP contribution in [0.5, 0.6) is 0 Å². The summed E-state index contributed by atoms with van der Waals surface area (Å²) in [7, 11) is 0. The van der Waals surface area contributed by atoms with Gasteiger partial charge in [-0.25, -0.2) is 0 Å². The standard InChI is InChI=1S/C8H17N.C2H4O2/c1-8(2)9-6-4-3-5-7-9;1-2(3)4/h8H,3-7H2,1-2H3;1H3,(H,3,4). The summed E-state index contributed by atoms with van der Waals surface area (Å²) < 4.78 is 0. The van der Waals surface area contributed by atoms with Crippen molar-refractivity contribution >= 4 is 5.97 Å². The van der Waals surface area contributed by atoms with Crippen LogP contribution in [0.3, 0.4) is 0 Å². The number of carboxylic acids is 1. The van der Waals surface area contributed by atoms with Crippen molar-refractivity contribution in [1.29, 1.82) is 0 Å². The van der Waals surface area contributed by atoms with Gasteiger partial charge in [-0.2, -0.15) is 0 Å². The highest BCUT2D eigenvalue weighted by molar-refractivity contribution is 5.62. The molecule has 0 spiro atoms. The second kappa shape index (κ2) is 6.89. The van der Waals surface area contributed by atoms with Gasteiger partial charge in [0.1, 0.15) is 0 Å². The van der Waals surface area contributed by atoms with Crippen LogP contribution >= 0.6 is 0 Å². The van der Waals surface area contributed by atoms with E-state index >= 15 is 0 Å². The van der Waals surface area contributed by atoms with Gasteiger partial charge < -0.3 is 10.0 Å². The number of aliphatic carboxylic acids is 1. The molecule has 0 saturated carbocycles. The van der Waals surface area contributed by atoms with Crippen LogP contribution in [0, 0.1) is 0 Å². The first-order chi connectivity index (χ1) is 6.04. The zero-order chi connectivity index (χ0) is 10.3. The van der Waals surface area contributed by atoms with Crippen molar-refractivity contribution in [3.63, 3.8) is 0 Å². The maximum absolute atomic E-state index is 9.00. The first-order valence-corrected chi connectivity index (χ1v) is 4.97. The molecule has 0 amide bonds. The molecule has 0 bridgehead atoms. The van der Waals surface area contributed by atoms with Crippen molar-refractivity contribution in [1.82, 2.24) is 4.90 Å². The quantitative estimate of drug-likeness (QED) is 0.682. The Kier molecular flexibility index (Phi) is 6.59. The molecular formula is C10H21NO2. The summed E-state index contributed by atoms with van der Waals surface area (Å²) in [6, 6.07) is 0.769. The fraction of sp³-hybridized carbons (Fsp3) is 0.900. The van der Waals surface area contributed by atoms with E-state index in [1.54, 1.807) is 0 Å². The van der Waals surface area contributed by atoms with Crippen molar-refractivity contribution in [2.24, 2.45) is 0 Å². The molecule has 3 nitrogen and oxygen atoms in total. The van der Waals surface area contributed by atoms with Crippen LogP contribution in [0.4, 0.5) is 0 Å². The lowest BCUT2D eigenvalue weighted by Crippen LogP contribution is -2.35. The number of likely N-dealkylation sites (tertiary alicyclic amines) is 1. The van der Waals surface area contributed by atoms with Crippen LogP contribution in [-0.2, 0) is 4.79 Å². The third-order valence-corrected chi connectivity index (χ3v) is 2.12. The Morgan fingerprint density at radius 3 is 1.85 bits per heavy atom. The Bertz CT molecular complexity index is 136. The highest BCUT2D eigenvalue weighted by atomic mass is 16.4. The van der Waals surface area contributed by atoms with Gasteiger partial charge in [-0.3, -0.25) is 4.79 Å². The van der Waals surface area contributed by atoms with Crippen LogP contribution in [0.25, 0.3) is 0 Å². The van der Waals surface area contributed by atoms with Crippen LogP contribution < -0.4 is 0 Å². The molecule has 0 aromatic heterocycles. The normalized spacial score (nSPS) is 17.8. The molecule has 1 N–H and O–H groups in total. The molecular weight excluding hydrogens is 166 g/mol. The van der Waals surface area contributed by atoms with E-state index in [1.165, 1.54) is 32.4 Å². The largest absolute Gasteiger partial charge is 0.481 e. The summed E-state index contributed by atoms with van der Waals surface area (Å²) in [5.41, 5.74) is 0. The number of rotatable bonds is 1. The molecule has 78 valence electrons. The predicted octanol–water partition coefficient (Wildman–Crippen LogP) is 1.97. The number of hydrogen-bond acceptors (Lipinski definition) is 2. The molecule has 1 rings (SSSR count). The third kappa shape index (κ3) is 7.78. The maximum Gasteiger partial charge on any atom is 0.300 e. The molecule has 1 fully saturated rings. The Balaban J connectivity index is 0.000000310. The molecule has 1 saturated heterocycles. The summed E-state index contributed by atoms with van der Waals surface area (Å²) >= 11 is 0. The lowest BCUT2D eigenvalue weighted by Gasteiger charge is -2.29. The SMILES string of the molecule is CC(=O)O.CC(C)N1CCCCC1. The summed E-state index contributed by atoms with van der Waals surface area (Å²) in [4.78, 5) is 11.6. The molecule has 0 radical (unpaired) electrons. The van der Waals surface area contributed by atoms with E-state index < -0.39 is 5.97 Å². The Hall–Kier alpha value is -0.570. The molecule has 0 aromatic rings. The Morgan fingerprint density at radius 1 is 1.23 bits per heavy atom. The molecule has 13 heavy (non-hydrogen) atoms. The van der Waals surface area contributed by atoms with Crippen molar-refractivity contribution in [2.75, 3.05) is 13.1 Å². The second-order valence-electron chi connectivity index (χ2n) is 3.71. The summed E-state index contributed by atoms with van der Waals surface area (Å²) in [6.45, 7) is 8.31. The molecule has 1 heterocycles. The molecule has 3 heteroatoms. The molecule has 0 aromatic carbocycles. The van der Waals surface area contributed by atoms with Crippen molar-refractivity contribution in [3.8, 4) is 0 Å². The summed E-state index contributed by atoms with van der Waals surface area (Å²) in [5, 5.41) is 7.42. The lowest BCUT2D eigenvalue weighted by atomic mass is 10.1. The van der Waals surface area contributed by atoms with Gasteiger partial charge in [-0.15, -0.1) is 0 Å².